The Hall–Kier alpha value is -2.50. The molecule has 2 amide bonds. The van der Waals surface area contributed by atoms with Crippen molar-refractivity contribution in [1.82, 2.24) is 4.90 Å². The van der Waals surface area contributed by atoms with Crippen molar-refractivity contribution in [2.24, 2.45) is 0 Å². The van der Waals surface area contributed by atoms with E-state index in [9.17, 15) is 19.2 Å². The monoisotopic (exact) mass is 289 g/mol. The van der Waals surface area contributed by atoms with Crippen molar-refractivity contribution >= 4 is 23.6 Å². The summed E-state index contributed by atoms with van der Waals surface area (Å²) in [6, 6.07) is 6.38. The van der Waals surface area contributed by atoms with Crippen molar-refractivity contribution in [3.05, 3.63) is 35.4 Å². The standard InChI is InChI=1S/C15H15NO5/c1-15(2,11(17)8-12(18)21-3)16-13(19)9-6-4-5-7-10(9)14(16)20/h4-7H,8H2,1-3H3. The molecule has 1 aliphatic rings. The van der Waals surface area contributed by atoms with E-state index in [0.29, 0.717) is 0 Å². The number of ketones is 1. The van der Waals surface area contributed by atoms with E-state index in [0.717, 1.165) is 4.90 Å². The molecule has 0 unspecified atom stereocenters. The zero-order valence-electron chi connectivity index (χ0n) is 12.0. The minimum atomic E-state index is -1.42. The van der Waals surface area contributed by atoms with Crippen LogP contribution in [-0.4, -0.2) is 41.1 Å². The molecule has 0 N–H and O–H groups in total. The lowest BCUT2D eigenvalue weighted by Crippen LogP contribution is -2.53. The van der Waals surface area contributed by atoms with E-state index in [-0.39, 0.29) is 11.1 Å². The number of imide groups is 1. The number of rotatable bonds is 4. The maximum atomic E-state index is 12.4. The van der Waals surface area contributed by atoms with Crippen molar-refractivity contribution in [3.8, 4) is 0 Å². The maximum Gasteiger partial charge on any atom is 0.313 e. The predicted molar refractivity (Wildman–Crippen MR) is 72.7 cm³/mol. The van der Waals surface area contributed by atoms with E-state index >= 15 is 0 Å². The van der Waals surface area contributed by atoms with Gasteiger partial charge in [0.05, 0.1) is 18.2 Å². The topological polar surface area (TPSA) is 80.8 Å². The zero-order chi connectivity index (χ0) is 15.8. The highest BCUT2D eigenvalue weighted by molar-refractivity contribution is 6.23. The Bertz CT molecular complexity index is 612. The van der Waals surface area contributed by atoms with Crippen LogP contribution in [0.2, 0.25) is 0 Å². The first-order chi connectivity index (χ1) is 9.80. The van der Waals surface area contributed by atoms with Gasteiger partial charge in [0.15, 0.2) is 5.78 Å². The molecular formula is C15H15NO5. The first-order valence-electron chi connectivity index (χ1n) is 6.38. The Morgan fingerprint density at radius 1 is 1.10 bits per heavy atom. The van der Waals surface area contributed by atoms with Crippen molar-refractivity contribution in [1.29, 1.82) is 0 Å². The Morgan fingerprint density at radius 2 is 1.57 bits per heavy atom. The molecule has 21 heavy (non-hydrogen) atoms. The highest BCUT2D eigenvalue weighted by Gasteiger charge is 2.47. The number of amides is 2. The molecule has 0 saturated carbocycles. The summed E-state index contributed by atoms with van der Waals surface area (Å²) in [5, 5.41) is 0. The fourth-order valence-corrected chi connectivity index (χ4v) is 2.24. The number of esters is 1. The number of Topliss-reactive ketones (excluding diaryl/α,β-unsaturated/α-hetero) is 1. The van der Waals surface area contributed by atoms with Crippen LogP contribution in [0.1, 0.15) is 41.0 Å². The molecule has 2 rings (SSSR count). The van der Waals surface area contributed by atoms with Gasteiger partial charge in [0.1, 0.15) is 12.0 Å². The second-order valence-corrected chi connectivity index (χ2v) is 5.23. The molecular weight excluding hydrogens is 274 g/mol. The first kappa shape index (κ1) is 14.9. The molecule has 0 radical (unpaired) electrons. The van der Waals surface area contributed by atoms with Gasteiger partial charge in [0.2, 0.25) is 0 Å². The fourth-order valence-electron chi connectivity index (χ4n) is 2.24. The number of carbonyl (C=O) groups is 4. The number of benzene rings is 1. The Morgan fingerprint density at radius 3 is 2.00 bits per heavy atom. The summed E-state index contributed by atoms with van der Waals surface area (Å²) in [7, 11) is 1.17. The van der Waals surface area contributed by atoms with Gasteiger partial charge < -0.3 is 4.74 Å². The highest BCUT2D eigenvalue weighted by atomic mass is 16.5. The van der Waals surface area contributed by atoms with Crippen molar-refractivity contribution in [2.75, 3.05) is 7.11 Å². The van der Waals surface area contributed by atoms with Crippen LogP contribution in [0.5, 0.6) is 0 Å². The quantitative estimate of drug-likeness (QED) is 0.472. The summed E-state index contributed by atoms with van der Waals surface area (Å²) < 4.78 is 4.45. The number of nitrogens with zero attached hydrogens (tertiary/aromatic N) is 1. The van der Waals surface area contributed by atoms with E-state index in [1.54, 1.807) is 12.1 Å². The van der Waals surface area contributed by atoms with E-state index in [1.807, 2.05) is 0 Å². The molecule has 6 heteroatoms. The van der Waals surface area contributed by atoms with Gasteiger partial charge in [-0.05, 0) is 26.0 Å². The normalized spacial score (nSPS) is 14.1. The van der Waals surface area contributed by atoms with Crippen LogP contribution in [-0.2, 0) is 14.3 Å². The number of hydrogen-bond acceptors (Lipinski definition) is 5. The minimum Gasteiger partial charge on any atom is -0.469 e. The molecule has 110 valence electrons. The highest BCUT2D eigenvalue weighted by Crippen LogP contribution is 2.30. The van der Waals surface area contributed by atoms with Gasteiger partial charge in [-0.3, -0.25) is 24.1 Å². The lowest BCUT2D eigenvalue weighted by atomic mass is 9.94. The molecule has 0 bridgehead atoms. The van der Waals surface area contributed by atoms with Crippen LogP contribution in [0.4, 0.5) is 0 Å². The van der Waals surface area contributed by atoms with E-state index < -0.39 is 35.5 Å². The number of fused-ring (bicyclic) bond motifs is 1. The van der Waals surface area contributed by atoms with Gasteiger partial charge >= 0.3 is 5.97 Å². The smallest absolute Gasteiger partial charge is 0.313 e. The van der Waals surface area contributed by atoms with Crippen LogP contribution in [0, 0.1) is 0 Å². The summed E-state index contributed by atoms with van der Waals surface area (Å²) >= 11 is 0. The van der Waals surface area contributed by atoms with E-state index in [4.69, 9.17) is 0 Å². The van der Waals surface area contributed by atoms with Gasteiger partial charge in [0.25, 0.3) is 11.8 Å². The molecule has 0 fully saturated rings. The summed E-state index contributed by atoms with van der Waals surface area (Å²) in [5.41, 5.74) is -0.885. The number of ether oxygens (including phenoxy) is 1. The first-order valence-corrected chi connectivity index (χ1v) is 6.38. The minimum absolute atomic E-state index is 0.265. The molecule has 6 nitrogen and oxygen atoms in total. The molecule has 0 aromatic heterocycles. The van der Waals surface area contributed by atoms with Crippen LogP contribution in [0.15, 0.2) is 24.3 Å². The van der Waals surface area contributed by atoms with E-state index in [2.05, 4.69) is 4.74 Å². The lowest BCUT2D eigenvalue weighted by Gasteiger charge is -2.32. The molecule has 1 heterocycles. The lowest BCUT2D eigenvalue weighted by molar-refractivity contribution is -0.145. The summed E-state index contributed by atoms with van der Waals surface area (Å²) in [4.78, 5) is 49.1. The van der Waals surface area contributed by atoms with Gasteiger partial charge in [-0.15, -0.1) is 0 Å². The molecule has 1 aromatic carbocycles. The SMILES string of the molecule is COC(=O)CC(=O)C(C)(C)N1C(=O)c2ccccc2C1=O. The van der Waals surface area contributed by atoms with Crippen LogP contribution in [0.25, 0.3) is 0 Å². The predicted octanol–water partition coefficient (Wildman–Crippen LogP) is 1.19. The zero-order valence-corrected chi connectivity index (χ0v) is 12.0. The molecule has 0 spiro atoms. The third-order valence-electron chi connectivity index (χ3n) is 3.57. The van der Waals surface area contributed by atoms with Gasteiger partial charge in [-0.25, -0.2) is 0 Å². The average molecular weight is 289 g/mol. The molecule has 0 saturated heterocycles. The number of hydrogen-bond donors (Lipinski definition) is 0. The third kappa shape index (κ3) is 2.33. The van der Waals surface area contributed by atoms with Crippen molar-refractivity contribution < 1.29 is 23.9 Å². The van der Waals surface area contributed by atoms with Crippen molar-refractivity contribution in [3.63, 3.8) is 0 Å². The Kier molecular flexibility index (Phi) is 3.63. The van der Waals surface area contributed by atoms with Crippen LogP contribution in [0.3, 0.4) is 0 Å². The molecule has 0 aliphatic carbocycles. The second-order valence-electron chi connectivity index (χ2n) is 5.23. The van der Waals surface area contributed by atoms with Crippen molar-refractivity contribution in [2.45, 2.75) is 25.8 Å². The van der Waals surface area contributed by atoms with E-state index in [1.165, 1.54) is 33.1 Å². The van der Waals surface area contributed by atoms with Gasteiger partial charge in [0, 0.05) is 0 Å². The van der Waals surface area contributed by atoms with Gasteiger partial charge in [-0.2, -0.15) is 0 Å². The molecule has 1 aromatic rings. The largest absolute Gasteiger partial charge is 0.469 e. The average Bonchev–Trinajstić information content (AvgIpc) is 2.71. The maximum absolute atomic E-state index is 12.4. The Balaban J connectivity index is 2.34. The third-order valence-corrected chi connectivity index (χ3v) is 3.57. The van der Waals surface area contributed by atoms with Crippen LogP contribution >= 0.6 is 0 Å². The number of methoxy groups -OCH3 is 1. The van der Waals surface area contributed by atoms with Gasteiger partial charge in [-0.1, -0.05) is 12.1 Å². The van der Waals surface area contributed by atoms with Crippen LogP contribution < -0.4 is 0 Å². The summed E-state index contributed by atoms with van der Waals surface area (Å²) in [6.07, 6.45) is -0.489. The summed E-state index contributed by atoms with van der Waals surface area (Å²) in [6.45, 7) is 2.89. The molecule has 1 aliphatic heterocycles. The summed E-state index contributed by atoms with van der Waals surface area (Å²) in [5.74, 6) is -2.31. The fraction of sp³-hybridized carbons (Fsp3) is 0.333. The Labute approximate surface area is 121 Å². The second kappa shape index (κ2) is 5.12. The number of carbonyl (C=O) groups excluding carboxylic acids is 4. The molecule has 0 atom stereocenters.